The molecule has 192 valence electrons. The number of ketones is 1. The third kappa shape index (κ3) is 4.00. The molecule has 40 heavy (non-hydrogen) atoms. The molecule has 6 heterocycles. The summed E-state index contributed by atoms with van der Waals surface area (Å²) in [6.07, 6.45) is 0. The molecule has 0 fully saturated rings. The van der Waals surface area contributed by atoms with Crippen molar-refractivity contribution in [3.8, 4) is 39.0 Å². The Bertz CT molecular complexity index is 1990. The maximum absolute atomic E-state index is 14.4. The second-order valence-corrected chi connectivity index (χ2v) is 15.1. The first-order chi connectivity index (χ1) is 19.8. The maximum atomic E-state index is 14.4. The number of hydrogen-bond donors (Lipinski definition) is 0. The number of rotatable bonds is 6. The van der Waals surface area contributed by atoms with Crippen LogP contribution in [0.5, 0.6) is 0 Å². The normalized spacial score (nSPS) is 12.9. The molecule has 0 saturated heterocycles. The molecule has 7 heteroatoms. The molecule has 1 aromatic carbocycles. The van der Waals surface area contributed by atoms with E-state index in [9.17, 15) is 4.79 Å². The average molecular weight is 623 g/mol. The second-order valence-electron chi connectivity index (χ2n) is 9.24. The van der Waals surface area contributed by atoms with E-state index in [1.807, 2.05) is 23.5 Å². The zero-order chi connectivity index (χ0) is 26.6. The average Bonchev–Trinajstić information content (AvgIpc) is 3.80. The zero-order valence-corrected chi connectivity index (χ0v) is 25.6. The van der Waals surface area contributed by atoms with Gasteiger partial charge < -0.3 is 0 Å². The fourth-order valence-corrected chi connectivity index (χ4v) is 10.9. The standard InChI is InChI=1S/C33H18OS6/c34-31-20-8-2-1-7-19(20)29(21-17-27(23-9-3-13-35-23)39-32(21)25-11-5-15-37-25)30(31)22-18-28(24-10-4-14-36-24)40-33(22)26-12-6-16-38-26/h1-18H. The Labute approximate surface area is 255 Å². The largest absolute Gasteiger partial charge is 0.289 e. The highest BCUT2D eigenvalue weighted by Crippen LogP contribution is 2.53. The lowest BCUT2D eigenvalue weighted by atomic mass is 9.93. The number of carbonyl (C=O) groups excluding carboxylic acids is 1. The van der Waals surface area contributed by atoms with Gasteiger partial charge in [0.1, 0.15) is 0 Å². The fourth-order valence-electron chi connectivity index (χ4n) is 5.23. The van der Waals surface area contributed by atoms with Crippen LogP contribution in [0.3, 0.4) is 0 Å². The Morgan fingerprint density at radius 3 is 1.32 bits per heavy atom. The molecule has 8 rings (SSSR count). The van der Waals surface area contributed by atoms with Gasteiger partial charge in [0.25, 0.3) is 0 Å². The van der Waals surface area contributed by atoms with Crippen molar-refractivity contribution in [2.24, 2.45) is 0 Å². The summed E-state index contributed by atoms with van der Waals surface area (Å²) in [7, 11) is 0. The summed E-state index contributed by atoms with van der Waals surface area (Å²) in [4.78, 5) is 24.1. The topological polar surface area (TPSA) is 17.1 Å². The molecule has 0 bridgehead atoms. The molecular formula is C33H18OS6. The van der Waals surface area contributed by atoms with Crippen LogP contribution in [-0.2, 0) is 0 Å². The molecule has 0 unspecified atom stereocenters. The molecule has 0 amide bonds. The minimum Gasteiger partial charge on any atom is -0.289 e. The smallest absolute Gasteiger partial charge is 0.194 e. The summed E-state index contributed by atoms with van der Waals surface area (Å²) in [5, 5.41) is 8.49. The molecule has 1 aliphatic carbocycles. The van der Waals surface area contributed by atoms with E-state index in [0.717, 1.165) is 33.4 Å². The van der Waals surface area contributed by atoms with E-state index in [1.54, 1.807) is 56.7 Å². The molecule has 0 spiro atoms. The molecule has 1 aliphatic rings. The molecule has 1 nitrogen and oxygen atoms in total. The summed E-state index contributed by atoms with van der Waals surface area (Å²) in [6.45, 7) is 0. The number of hydrogen-bond acceptors (Lipinski definition) is 7. The summed E-state index contributed by atoms with van der Waals surface area (Å²) >= 11 is 10.6. The Balaban J connectivity index is 1.45. The first-order valence-corrected chi connectivity index (χ1v) is 17.7. The number of fused-ring (bicyclic) bond motifs is 1. The molecule has 0 atom stereocenters. The van der Waals surface area contributed by atoms with E-state index in [4.69, 9.17) is 0 Å². The lowest BCUT2D eigenvalue weighted by Gasteiger charge is -2.10. The maximum Gasteiger partial charge on any atom is 0.194 e. The molecule has 0 aliphatic heterocycles. The molecular weight excluding hydrogens is 605 g/mol. The van der Waals surface area contributed by atoms with Crippen molar-refractivity contribution in [1.29, 1.82) is 0 Å². The van der Waals surface area contributed by atoms with Gasteiger partial charge in [-0.15, -0.1) is 68.0 Å². The fraction of sp³-hybridized carbons (Fsp3) is 0. The first-order valence-electron chi connectivity index (χ1n) is 12.6. The van der Waals surface area contributed by atoms with Crippen molar-refractivity contribution in [1.82, 2.24) is 0 Å². The molecule has 0 saturated carbocycles. The minimum atomic E-state index is 0.111. The Morgan fingerprint density at radius 2 is 0.850 bits per heavy atom. The van der Waals surface area contributed by atoms with Gasteiger partial charge in [0.2, 0.25) is 0 Å². The number of thiophene rings is 6. The van der Waals surface area contributed by atoms with Gasteiger partial charge in [0.05, 0.1) is 9.75 Å². The van der Waals surface area contributed by atoms with Gasteiger partial charge in [-0.25, -0.2) is 0 Å². The Kier molecular flexibility index (Phi) is 6.17. The quantitative estimate of drug-likeness (QED) is 0.180. The van der Waals surface area contributed by atoms with Gasteiger partial charge in [0, 0.05) is 57.1 Å². The highest BCUT2D eigenvalue weighted by atomic mass is 32.1. The highest BCUT2D eigenvalue weighted by Gasteiger charge is 2.35. The van der Waals surface area contributed by atoms with Crippen LogP contribution in [0.2, 0.25) is 0 Å². The van der Waals surface area contributed by atoms with E-state index in [1.165, 1.54) is 39.0 Å². The molecule has 6 aromatic heterocycles. The third-order valence-corrected chi connectivity index (χ3v) is 13.4. The van der Waals surface area contributed by atoms with Gasteiger partial charge in [-0.05, 0) is 63.5 Å². The van der Waals surface area contributed by atoms with E-state index >= 15 is 0 Å². The third-order valence-electron chi connectivity index (χ3n) is 6.94. The van der Waals surface area contributed by atoms with Crippen molar-refractivity contribution in [2.45, 2.75) is 0 Å². The number of carbonyl (C=O) groups is 1. The predicted octanol–water partition coefficient (Wildman–Crippen LogP) is 11.9. The van der Waals surface area contributed by atoms with Crippen LogP contribution in [0.1, 0.15) is 27.0 Å². The second kappa shape index (κ2) is 10.0. The number of benzene rings is 1. The monoisotopic (exact) mass is 622 g/mol. The van der Waals surface area contributed by atoms with Crippen LogP contribution >= 0.6 is 68.0 Å². The number of allylic oxidation sites excluding steroid dienone is 1. The van der Waals surface area contributed by atoms with Gasteiger partial charge in [0.15, 0.2) is 5.78 Å². The van der Waals surface area contributed by atoms with Crippen molar-refractivity contribution in [3.05, 3.63) is 129 Å². The lowest BCUT2D eigenvalue weighted by molar-refractivity contribution is 0.105. The van der Waals surface area contributed by atoms with Crippen LogP contribution in [0.25, 0.3) is 50.2 Å². The predicted molar refractivity (Wildman–Crippen MR) is 179 cm³/mol. The zero-order valence-electron chi connectivity index (χ0n) is 20.8. The van der Waals surface area contributed by atoms with Gasteiger partial charge >= 0.3 is 0 Å². The van der Waals surface area contributed by atoms with Crippen molar-refractivity contribution >= 4 is 85.0 Å². The highest BCUT2D eigenvalue weighted by molar-refractivity contribution is 7.27. The van der Waals surface area contributed by atoms with Crippen molar-refractivity contribution in [2.75, 3.05) is 0 Å². The van der Waals surface area contributed by atoms with Gasteiger partial charge in [-0.3, -0.25) is 4.79 Å². The van der Waals surface area contributed by atoms with Crippen LogP contribution in [0, 0.1) is 0 Å². The Morgan fingerprint density at radius 1 is 0.400 bits per heavy atom. The van der Waals surface area contributed by atoms with Crippen LogP contribution in [-0.4, -0.2) is 5.78 Å². The van der Waals surface area contributed by atoms with Crippen LogP contribution in [0.4, 0.5) is 0 Å². The summed E-state index contributed by atoms with van der Waals surface area (Å²) in [5.74, 6) is 0.111. The molecule has 7 aromatic rings. The van der Waals surface area contributed by atoms with E-state index < -0.39 is 0 Å². The molecule has 0 radical (unpaired) electrons. The Hall–Kier alpha value is -3.17. The lowest BCUT2D eigenvalue weighted by Crippen LogP contribution is -1.98. The summed E-state index contributed by atoms with van der Waals surface area (Å²) < 4.78 is 0. The summed E-state index contributed by atoms with van der Waals surface area (Å²) in [5.41, 5.74) is 5.86. The van der Waals surface area contributed by atoms with E-state index in [0.29, 0.717) is 0 Å². The van der Waals surface area contributed by atoms with Crippen molar-refractivity contribution in [3.63, 3.8) is 0 Å². The van der Waals surface area contributed by atoms with Crippen molar-refractivity contribution < 1.29 is 4.79 Å². The van der Waals surface area contributed by atoms with E-state index in [2.05, 4.69) is 94.3 Å². The van der Waals surface area contributed by atoms with Gasteiger partial charge in [-0.1, -0.05) is 48.5 Å². The van der Waals surface area contributed by atoms with E-state index in [-0.39, 0.29) is 5.78 Å². The van der Waals surface area contributed by atoms with Crippen LogP contribution < -0.4 is 0 Å². The van der Waals surface area contributed by atoms with Crippen LogP contribution in [0.15, 0.2) is 106 Å². The molecule has 0 N–H and O–H groups in total. The van der Waals surface area contributed by atoms with Gasteiger partial charge in [-0.2, -0.15) is 0 Å². The first kappa shape index (κ1) is 24.6. The number of Topliss-reactive ketones (excluding diaryl/α,β-unsaturated/α-hetero) is 1. The summed E-state index contributed by atoms with van der Waals surface area (Å²) in [6, 6.07) is 29.8. The minimum absolute atomic E-state index is 0.111. The SMILES string of the molecule is O=C1C(c2cc(-c3cccs3)sc2-c2cccs2)=C(c2cc(-c3cccs3)sc2-c2cccs2)c2ccccc21.